The summed E-state index contributed by atoms with van der Waals surface area (Å²) in [5, 5.41) is 17.7. The van der Waals surface area contributed by atoms with E-state index < -0.39 is 5.97 Å². The average molecular weight is 193 g/mol. The van der Waals surface area contributed by atoms with Gasteiger partial charge >= 0.3 is 5.97 Å². The lowest BCUT2D eigenvalue weighted by atomic mass is 10.1. The summed E-state index contributed by atoms with van der Waals surface area (Å²) in [7, 11) is 0. The first kappa shape index (κ1) is 10.2. The number of aryl methyl sites for hydroxylation is 1. The maximum Gasteiger partial charge on any atom is 0.325 e. The molecule has 1 aromatic carbocycles. The van der Waals surface area contributed by atoms with Gasteiger partial charge in [-0.05, 0) is 19.1 Å². The molecule has 74 valence electrons. The Balaban J connectivity index is 2.80. The molecule has 4 heteroatoms. The SMILES string of the molecule is Cc1ccc(O)c(C=NCC(=O)O)c1. The topological polar surface area (TPSA) is 69.9 Å². The molecule has 0 saturated carbocycles. The van der Waals surface area contributed by atoms with E-state index in [1.54, 1.807) is 18.2 Å². The van der Waals surface area contributed by atoms with Crippen LogP contribution in [0.15, 0.2) is 23.2 Å². The molecule has 0 aromatic heterocycles. The molecular formula is C10H11NO3. The van der Waals surface area contributed by atoms with Gasteiger partial charge in [-0.25, -0.2) is 0 Å². The Labute approximate surface area is 81.5 Å². The van der Waals surface area contributed by atoms with E-state index in [-0.39, 0.29) is 12.3 Å². The zero-order valence-corrected chi connectivity index (χ0v) is 7.77. The lowest BCUT2D eigenvalue weighted by Gasteiger charge is -1.99. The van der Waals surface area contributed by atoms with Gasteiger partial charge in [0.25, 0.3) is 0 Å². The second-order valence-electron chi connectivity index (χ2n) is 2.93. The van der Waals surface area contributed by atoms with Crippen molar-refractivity contribution in [3.8, 4) is 5.75 Å². The molecule has 0 aliphatic rings. The highest BCUT2D eigenvalue weighted by Crippen LogP contribution is 2.15. The highest BCUT2D eigenvalue weighted by molar-refractivity contribution is 5.85. The maximum atomic E-state index is 10.2. The van der Waals surface area contributed by atoms with Gasteiger partial charge in [0.15, 0.2) is 0 Å². The Bertz CT molecular complexity index is 372. The molecule has 2 N–H and O–H groups in total. The van der Waals surface area contributed by atoms with Crippen LogP contribution in [0.1, 0.15) is 11.1 Å². The standard InChI is InChI=1S/C10H11NO3/c1-7-2-3-9(12)8(4-7)5-11-6-10(13)14/h2-5,12H,6H2,1H3,(H,13,14). The zero-order chi connectivity index (χ0) is 10.6. The van der Waals surface area contributed by atoms with Crippen molar-refractivity contribution in [3.05, 3.63) is 29.3 Å². The van der Waals surface area contributed by atoms with Crippen LogP contribution in [0.4, 0.5) is 0 Å². The van der Waals surface area contributed by atoms with Crippen molar-refractivity contribution in [2.24, 2.45) is 4.99 Å². The third-order valence-electron chi connectivity index (χ3n) is 1.64. The van der Waals surface area contributed by atoms with Crippen LogP contribution >= 0.6 is 0 Å². The van der Waals surface area contributed by atoms with E-state index in [1.165, 1.54) is 6.21 Å². The Morgan fingerprint density at radius 3 is 2.93 bits per heavy atom. The van der Waals surface area contributed by atoms with Crippen LogP contribution in [-0.2, 0) is 4.79 Å². The minimum atomic E-state index is -0.992. The molecule has 4 nitrogen and oxygen atoms in total. The molecule has 0 atom stereocenters. The van der Waals surface area contributed by atoms with Gasteiger partial charge in [-0.15, -0.1) is 0 Å². The van der Waals surface area contributed by atoms with E-state index in [9.17, 15) is 9.90 Å². The van der Waals surface area contributed by atoms with E-state index in [0.717, 1.165) is 5.56 Å². The summed E-state index contributed by atoms with van der Waals surface area (Å²) in [5.74, 6) is -0.891. The lowest BCUT2D eigenvalue weighted by molar-refractivity contribution is -0.135. The Morgan fingerprint density at radius 2 is 2.29 bits per heavy atom. The van der Waals surface area contributed by atoms with Gasteiger partial charge < -0.3 is 10.2 Å². The number of benzene rings is 1. The number of phenolic OH excluding ortho intramolecular Hbond substituents is 1. The third-order valence-corrected chi connectivity index (χ3v) is 1.64. The summed E-state index contributed by atoms with van der Waals surface area (Å²) in [6.45, 7) is 1.60. The molecule has 0 aliphatic heterocycles. The Kier molecular flexibility index (Phi) is 3.23. The lowest BCUT2D eigenvalue weighted by Crippen LogP contribution is -1.99. The number of carbonyl (C=O) groups is 1. The number of nitrogens with zero attached hydrogens (tertiary/aromatic N) is 1. The quantitative estimate of drug-likeness (QED) is 0.709. The van der Waals surface area contributed by atoms with Gasteiger partial charge in [-0.3, -0.25) is 9.79 Å². The Hall–Kier alpha value is -1.84. The monoisotopic (exact) mass is 193 g/mol. The van der Waals surface area contributed by atoms with E-state index in [2.05, 4.69) is 4.99 Å². The minimum absolute atomic E-state index is 0.102. The van der Waals surface area contributed by atoms with E-state index >= 15 is 0 Å². The fraction of sp³-hybridized carbons (Fsp3) is 0.200. The number of hydrogen-bond acceptors (Lipinski definition) is 3. The molecule has 0 unspecified atom stereocenters. The van der Waals surface area contributed by atoms with Crippen molar-refractivity contribution in [2.45, 2.75) is 6.92 Å². The molecule has 0 bridgehead atoms. The van der Waals surface area contributed by atoms with Crippen molar-refractivity contribution in [2.75, 3.05) is 6.54 Å². The van der Waals surface area contributed by atoms with Gasteiger partial charge in [0.2, 0.25) is 0 Å². The van der Waals surface area contributed by atoms with Crippen LogP contribution in [0.3, 0.4) is 0 Å². The normalized spacial score (nSPS) is 10.6. The van der Waals surface area contributed by atoms with E-state index in [1.807, 2.05) is 6.92 Å². The molecule has 0 amide bonds. The van der Waals surface area contributed by atoms with Crippen molar-refractivity contribution in [1.29, 1.82) is 0 Å². The van der Waals surface area contributed by atoms with Gasteiger partial charge in [0.1, 0.15) is 12.3 Å². The van der Waals surface area contributed by atoms with Crippen LogP contribution in [0, 0.1) is 6.92 Å². The fourth-order valence-corrected chi connectivity index (χ4v) is 0.999. The van der Waals surface area contributed by atoms with Crippen LogP contribution in [0.5, 0.6) is 5.75 Å². The molecular weight excluding hydrogens is 182 g/mol. The number of aliphatic carboxylic acids is 1. The molecule has 0 radical (unpaired) electrons. The average Bonchev–Trinajstić information content (AvgIpc) is 2.10. The second kappa shape index (κ2) is 4.41. The molecule has 0 aliphatic carbocycles. The van der Waals surface area contributed by atoms with Gasteiger partial charge in [0, 0.05) is 11.8 Å². The first-order valence-electron chi connectivity index (χ1n) is 4.11. The molecule has 1 aromatic rings. The van der Waals surface area contributed by atoms with Crippen molar-refractivity contribution in [1.82, 2.24) is 0 Å². The Morgan fingerprint density at radius 1 is 1.57 bits per heavy atom. The van der Waals surface area contributed by atoms with Crippen LogP contribution < -0.4 is 0 Å². The summed E-state index contributed by atoms with van der Waals surface area (Å²) in [6.07, 6.45) is 1.36. The molecule has 0 fully saturated rings. The molecule has 1 rings (SSSR count). The van der Waals surface area contributed by atoms with Crippen LogP contribution in [0.25, 0.3) is 0 Å². The minimum Gasteiger partial charge on any atom is -0.507 e. The van der Waals surface area contributed by atoms with Crippen molar-refractivity contribution >= 4 is 12.2 Å². The number of carboxylic acid groups (broad SMARTS) is 1. The van der Waals surface area contributed by atoms with Crippen molar-refractivity contribution in [3.63, 3.8) is 0 Å². The largest absolute Gasteiger partial charge is 0.507 e. The second-order valence-corrected chi connectivity index (χ2v) is 2.93. The molecule has 14 heavy (non-hydrogen) atoms. The first-order chi connectivity index (χ1) is 6.59. The maximum absolute atomic E-state index is 10.2. The highest BCUT2D eigenvalue weighted by atomic mass is 16.4. The predicted molar refractivity (Wildman–Crippen MR) is 52.9 cm³/mol. The third kappa shape index (κ3) is 2.90. The number of carboxylic acids is 1. The van der Waals surface area contributed by atoms with Gasteiger partial charge in [-0.1, -0.05) is 11.6 Å². The first-order valence-corrected chi connectivity index (χ1v) is 4.11. The number of rotatable bonds is 3. The van der Waals surface area contributed by atoms with Gasteiger partial charge in [-0.2, -0.15) is 0 Å². The highest BCUT2D eigenvalue weighted by Gasteiger charge is 1.98. The summed E-state index contributed by atoms with van der Waals surface area (Å²) < 4.78 is 0. The number of aliphatic imine (C=N–C) groups is 1. The number of aromatic hydroxyl groups is 1. The summed E-state index contributed by atoms with van der Waals surface area (Å²) in [6, 6.07) is 5.06. The zero-order valence-electron chi connectivity index (χ0n) is 7.77. The fourth-order valence-electron chi connectivity index (χ4n) is 0.999. The number of hydrogen-bond donors (Lipinski definition) is 2. The van der Waals surface area contributed by atoms with Crippen LogP contribution in [0.2, 0.25) is 0 Å². The smallest absolute Gasteiger partial charge is 0.325 e. The molecule has 0 saturated heterocycles. The summed E-state index contributed by atoms with van der Waals surface area (Å²) >= 11 is 0. The number of phenols is 1. The van der Waals surface area contributed by atoms with Crippen molar-refractivity contribution < 1.29 is 15.0 Å². The predicted octanol–water partition coefficient (Wildman–Crippen LogP) is 1.20. The van der Waals surface area contributed by atoms with E-state index in [0.29, 0.717) is 5.56 Å². The summed E-state index contributed by atoms with van der Waals surface area (Å²) in [5.41, 5.74) is 1.52. The summed E-state index contributed by atoms with van der Waals surface area (Å²) in [4.78, 5) is 13.8. The van der Waals surface area contributed by atoms with E-state index in [4.69, 9.17) is 5.11 Å². The molecule has 0 heterocycles. The van der Waals surface area contributed by atoms with Crippen LogP contribution in [-0.4, -0.2) is 28.9 Å². The molecule has 0 spiro atoms. The van der Waals surface area contributed by atoms with Gasteiger partial charge in [0.05, 0.1) is 0 Å².